The van der Waals surface area contributed by atoms with Crippen LogP contribution < -0.4 is 9.47 Å². The molecule has 0 aliphatic rings. The summed E-state index contributed by atoms with van der Waals surface area (Å²) >= 11 is 0. The molecule has 0 fully saturated rings. The van der Waals surface area contributed by atoms with Crippen LogP contribution in [0.4, 0.5) is 9.59 Å². The van der Waals surface area contributed by atoms with Crippen LogP contribution in [0, 0.1) is 0 Å². The standard InChI is InChI=1S/C10H10O6/c1-13-9(11)15-7-3-5-8(6-4-7)16-10(12)14-2/h3-6H,1-2H3. The van der Waals surface area contributed by atoms with Crippen molar-refractivity contribution in [3.05, 3.63) is 24.3 Å². The molecule has 0 unspecified atom stereocenters. The van der Waals surface area contributed by atoms with Crippen LogP contribution in [0.3, 0.4) is 0 Å². The minimum absolute atomic E-state index is 0.282. The third-order valence-electron chi connectivity index (χ3n) is 1.56. The van der Waals surface area contributed by atoms with Gasteiger partial charge in [0.05, 0.1) is 14.2 Å². The van der Waals surface area contributed by atoms with Crippen LogP contribution in [-0.2, 0) is 9.47 Å². The van der Waals surface area contributed by atoms with E-state index >= 15 is 0 Å². The van der Waals surface area contributed by atoms with E-state index in [4.69, 9.17) is 9.47 Å². The Morgan fingerprint density at radius 3 is 1.38 bits per heavy atom. The molecule has 0 spiro atoms. The predicted molar refractivity (Wildman–Crippen MR) is 52.5 cm³/mol. The number of hydrogen-bond donors (Lipinski definition) is 0. The molecule has 0 saturated carbocycles. The predicted octanol–water partition coefficient (Wildman–Crippen LogP) is 1.98. The monoisotopic (exact) mass is 226 g/mol. The van der Waals surface area contributed by atoms with Gasteiger partial charge in [-0.05, 0) is 24.3 Å². The maximum Gasteiger partial charge on any atom is 0.513 e. The lowest BCUT2D eigenvalue weighted by molar-refractivity contribution is 0.119. The van der Waals surface area contributed by atoms with E-state index in [-0.39, 0.29) is 11.5 Å². The zero-order chi connectivity index (χ0) is 12.0. The van der Waals surface area contributed by atoms with Crippen molar-refractivity contribution in [1.29, 1.82) is 0 Å². The first kappa shape index (κ1) is 11.8. The number of carbonyl (C=O) groups is 2. The van der Waals surface area contributed by atoms with Gasteiger partial charge in [0.2, 0.25) is 0 Å². The second-order valence-corrected chi connectivity index (χ2v) is 2.58. The maximum atomic E-state index is 10.7. The summed E-state index contributed by atoms with van der Waals surface area (Å²) < 4.78 is 18.0. The van der Waals surface area contributed by atoms with E-state index in [0.717, 1.165) is 0 Å². The fourth-order valence-corrected chi connectivity index (χ4v) is 0.852. The van der Waals surface area contributed by atoms with Crippen LogP contribution in [-0.4, -0.2) is 26.5 Å². The summed E-state index contributed by atoms with van der Waals surface area (Å²) in [5, 5.41) is 0. The lowest BCUT2D eigenvalue weighted by Gasteiger charge is -2.04. The third kappa shape index (κ3) is 3.49. The molecule has 1 rings (SSSR count). The van der Waals surface area contributed by atoms with Crippen molar-refractivity contribution < 1.29 is 28.5 Å². The van der Waals surface area contributed by atoms with Crippen molar-refractivity contribution in [3.63, 3.8) is 0 Å². The van der Waals surface area contributed by atoms with E-state index in [1.807, 2.05) is 0 Å². The molecule has 0 radical (unpaired) electrons. The molecule has 0 aromatic heterocycles. The summed E-state index contributed by atoms with van der Waals surface area (Å²) in [7, 11) is 2.41. The number of carbonyl (C=O) groups excluding carboxylic acids is 2. The average Bonchev–Trinajstić information content (AvgIpc) is 2.31. The van der Waals surface area contributed by atoms with E-state index < -0.39 is 12.3 Å². The average molecular weight is 226 g/mol. The highest BCUT2D eigenvalue weighted by Gasteiger charge is 2.06. The number of methoxy groups -OCH3 is 2. The first-order valence-corrected chi connectivity index (χ1v) is 4.27. The number of benzene rings is 1. The Morgan fingerprint density at radius 2 is 1.12 bits per heavy atom. The van der Waals surface area contributed by atoms with Crippen LogP contribution in [0.25, 0.3) is 0 Å². The van der Waals surface area contributed by atoms with Crippen molar-refractivity contribution >= 4 is 12.3 Å². The highest BCUT2D eigenvalue weighted by atomic mass is 16.7. The van der Waals surface area contributed by atoms with Gasteiger partial charge in [-0.2, -0.15) is 0 Å². The number of ether oxygens (including phenoxy) is 4. The molecular formula is C10H10O6. The largest absolute Gasteiger partial charge is 0.513 e. The third-order valence-corrected chi connectivity index (χ3v) is 1.56. The molecule has 1 aromatic rings. The molecule has 0 heterocycles. The molecule has 0 saturated heterocycles. The summed E-state index contributed by atoms with van der Waals surface area (Å²) in [4.78, 5) is 21.5. The lowest BCUT2D eigenvalue weighted by atomic mass is 10.3. The number of hydrogen-bond acceptors (Lipinski definition) is 6. The van der Waals surface area contributed by atoms with E-state index in [1.54, 1.807) is 0 Å². The topological polar surface area (TPSA) is 71.1 Å². The van der Waals surface area contributed by atoms with Crippen LogP contribution in [0.5, 0.6) is 11.5 Å². The first-order valence-electron chi connectivity index (χ1n) is 4.27. The minimum atomic E-state index is -0.818. The van der Waals surface area contributed by atoms with E-state index in [9.17, 15) is 9.59 Å². The highest BCUT2D eigenvalue weighted by Crippen LogP contribution is 2.18. The Kier molecular flexibility index (Phi) is 4.14. The van der Waals surface area contributed by atoms with Gasteiger partial charge in [-0.25, -0.2) is 9.59 Å². The first-order chi connectivity index (χ1) is 7.65. The quantitative estimate of drug-likeness (QED) is 0.567. The van der Waals surface area contributed by atoms with Crippen molar-refractivity contribution in [2.45, 2.75) is 0 Å². The number of rotatable bonds is 2. The molecule has 0 amide bonds. The van der Waals surface area contributed by atoms with Crippen molar-refractivity contribution in [3.8, 4) is 11.5 Å². The zero-order valence-electron chi connectivity index (χ0n) is 8.76. The normalized spacial score (nSPS) is 9.12. The van der Waals surface area contributed by atoms with Crippen molar-refractivity contribution in [1.82, 2.24) is 0 Å². The van der Waals surface area contributed by atoms with Gasteiger partial charge in [0.15, 0.2) is 0 Å². The minimum Gasteiger partial charge on any atom is -0.437 e. The van der Waals surface area contributed by atoms with Crippen LogP contribution >= 0.6 is 0 Å². The Balaban J connectivity index is 2.60. The Hall–Kier alpha value is -2.24. The molecule has 0 atom stereocenters. The smallest absolute Gasteiger partial charge is 0.437 e. The lowest BCUT2D eigenvalue weighted by Crippen LogP contribution is -2.08. The highest BCUT2D eigenvalue weighted by molar-refractivity contribution is 5.65. The summed E-state index contributed by atoms with van der Waals surface area (Å²) in [5.41, 5.74) is 0. The summed E-state index contributed by atoms with van der Waals surface area (Å²) in [6.07, 6.45) is -1.64. The Labute approximate surface area is 91.7 Å². The van der Waals surface area contributed by atoms with Gasteiger partial charge in [-0.15, -0.1) is 0 Å². The van der Waals surface area contributed by atoms with E-state index in [0.29, 0.717) is 0 Å². The van der Waals surface area contributed by atoms with Crippen LogP contribution in [0.1, 0.15) is 0 Å². The van der Waals surface area contributed by atoms with Crippen LogP contribution in [0.2, 0.25) is 0 Å². The van der Waals surface area contributed by atoms with Crippen molar-refractivity contribution in [2.24, 2.45) is 0 Å². The van der Waals surface area contributed by atoms with Gasteiger partial charge in [0.25, 0.3) is 0 Å². The zero-order valence-corrected chi connectivity index (χ0v) is 8.76. The molecule has 6 nitrogen and oxygen atoms in total. The van der Waals surface area contributed by atoms with E-state index in [1.165, 1.54) is 38.5 Å². The van der Waals surface area contributed by atoms with Gasteiger partial charge in [0, 0.05) is 0 Å². The molecule has 16 heavy (non-hydrogen) atoms. The molecule has 0 N–H and O–H groups in total. The maximum absolute atomic E-state index is 10.7. The molecule has 1 aromatic carbocycles. The van der Waals surface area contributed by atoms with Gasteiger partial charge >= 0.3 is 12.3 Å². The SMILES string of the molecule is COC(=O)Oc1ccc(OC(=O)OC)cc1. The molecule has 6 heteroatoms. The Morgan fingerprint density at radius 1 is 0.812 bits per heavy atom. The second kappa shape index (κ2) is 5.59. The van der Waals surface area contributed by atoms with Gasteiger partial charge in [-0.1, -0.05) is 0 Å². The molecule has 0 aliphatic carbocycles. The fourth-order valence-electron chi connectivity index (χ4n) is 0.852. The summed E-state index contributed by atoms with van der Waals surface area (Å²) in [6.45, 7) is 0. The molecule has 86 valence electrons. The fraction of sp³-hybridized carbons (Fsp3) is 0.200. The Bertz CT molecular complexity index is 332. The molecular weight excluding hydrogens is 216 g/mol. The summed E-state index contributed by atoms with van der Waals surface area (Å²) in [5.74, 6) is 0.563. The van der Waals surface area contributed by atoms with Gasteiger partial charge in [0.1, 0.15) is 11.5 Å². The molecule has 0 aliphatic heterocycles. The summed E-state index contributed by atoms with van der Waals surface area (Å²) in [6, 6.07) is 5.81. The van der Waals surface area contributed by atoms with E-state index in [2.05, 4.69) is 9.47 Å². The second-order valence-electron chi connectivity index (χ2n) is 2.58. The van der Waals surface area contributed by atoms with Gasteiger partial charge in [-0.3, -0.25) is 0 Å². The van der Waals surface area contributed by atoms with Crippen LogP contribution in [0.15, 0.2) is 24.3 Å². The van der Waals surface area contributed by atoms with Crippen molar-refractivity contribution in [2.75, 3.05) is 14.2 Å². The van der Waals surface area contributed by atoms with Gasteiger partial charge < -0.3 is 18.9 Å². The molecule has 0 bridgehead atoms.